The van der Waals surface area contributed by atoms with Crippen LogP contribution in [0.15, 0.2) is 41.0 Å². The molecule has 0 amide bonds. The van der Waals surface area contributed by atoms with Crippen LogP contribution < -0.4 is 5.73 Å². The van der Waals surface area contributed by atoms with Crippen molar-refractivity contribution in [1.82, 2.24) is 4.98 Å². The Kier molecular flexibility index (Phi) is 2.63. The summed E-state index contributed by atoms with van der Waals surface area (Å²) in [6, 6.07) is 10.0. The Labute approximate surface area is 121 Å². The number of aryl methyl sites for hydroxylation is 2. The first-order chi connectivity index (χ1) is 9.79. The number of thiazole rings is 1. The summed E-state index contributed by atoms with van der Waals surface area (Å²) < 4.78 is 5.50. The molecule has 4 heteroatoms. The number of furan rings is 1. The van der Waals surface area contributed by atoms with Gasteiger partial charge in [-0.25, -0.2) is 4.98 Å². The van der Waals surface area contributed by atoms with Gasteiger partial charge in [-0.3, -0.25) is 0 Å². The number of nitrogens with two attached hydrogens (primary N) is 1. The van der Waals surface area contributed by atoms with Crippen LogP contribution in [-0.4, -0.2) is 4.98 Å². The van der Waals surface area contributed by atoms with Crippen LogP contribution in [0, 0.1) is 0 Å². The van der Waals surface area contributed by atoms with Crippen molar-refractivity contribution in [3.8, 4) is 11.3 Å². The predicted octanol–water partition coefficient (Wildman–Crippen LogP) is 3.67. The molecule has 2 N–H and O–H groups in total. The Balaban J connectivity index is 1.67. The standard InChI is InChI=1S/C16H14N2OS/c17-11-3-1-10(2-4-11)9-15-18-16-12-7-8-19-13(12)5-6-14(16)20-15/h1-4,7-8H,5-6,9,17H2. The highest BCUT2D eigenvalue weighted by atomic mass is 32.1. The molecule has 3 nitrogen and oxygen atoms in total. The van der Waals surface area contributed by atoms with E-state index in [4.69, 9.17) is 15.1 Å². The highest BCUT2D eigenvalue weighted by Gasteiger charge is 2.22. The second-order valence-corrected chi connectivity index (χ2v) is 6.22. The van der Waals surface area contributed by atoms with Gasteiger partial charge in [0.1, 0.15) is 5.76 Å². The maximum absolute atomic E-state index is 5.72. The molecule has 0 fully saturated rings. The number of hydrogen-bond donors (Lipinski definition) is 1. The lowest BCUT2D eigenvalue weighted by Gasteiger charge is -2.07. The number of nitrogens with zero attached hydrogens (tertiary/aromatic N) is 1. The molecule has 1 aliphatic rings. The van der Waals surface area contributed by atoms with Crippen molar-refractivity contribution in [3.63, 3.8) is 0 Å². The minimum Gasteiger partial charge on any atom is -0.469 e. The lowest BCUT2D eigenvalue weighted by molar-refractivity contribution is 0.508. The fourth-order valence-corrected chi connectivity index (χ4v) is 3.75. The number of benzene rings is 1. The minimum atomic E-state index is 0.801. The lowest BCUT2D eigenvalue weighted by atomic mass is 10.0. The molecule has 0 saturated heterocycles. The first-order valence-electron chi connectivity index (χ1n) is 6.69. The monoisotopic (exact) mass is 282 g/mol. The highest BCUT2D eigenvalue weighted by Crippen LogP contribution is 2.37. The van der Waals surface area contributed by atoms with Crippen molar-refractivity contribution in [2.45, 2.75) is 19.3 Å². The van der Waals surface area contributed by atoms with E-state index in [1.54, 1.807) is 6.26 Å². The van der Waals surface area contributed by atoms with Gasteiger partial charge >= 0.3 is 0 Å². The Bertz CT molecular complexity index is 755. The molecule has 100 valence electrons. The van der Waals surface area contributed by atoms with Gasteiger partial charge in [-0.1, -0.05) is 12.1 Å². The van der Waals surface area contributed by atoms with Crippen LogP contribution in [0.25, 0.3) is 11.3 Å². The van der Waals surface area contributed by atoms with E-state index in [9.17, 15) is 0 Å². The maximum atomic E-state index is 5.72. The van der Waals surface area contributed by atoms with Crippen LogP contribution >= 0.6 is 11.3 Å². The first kappa shape index (κ1) is 11.7. The summed E-state index contributed by atoms with van der Waals surface area (Å²) in [4.78, 5) is 6.19. The molecule has 0 radical (unpaired) electrons. The molecule has 3 aromatic rings. The van der Waals surface area contributed by atoms with Crippen molar-refractivity contribution in [2.24, 2.45) is 0 Å². The fraction of sp³-hybridized carbons (Fsp3) is 0.188. The molecule has 2 aromatic heterocycles. The summed E-state index contributed by atoms with van der Waals surface area (Å²) >= 11 is 1.82. The van der Waals surface area contributed by atoms with Crippen LogP contribution in [0.5, 0.6) is 0 Å². The third-order valence-corrected chi connectivity index (χ3v) is 4.77. The van der Waals surface area contributed by atoms with E-state index >= 15 is 0 Å². The summed E-state index contributed by atoms with van der Waals surface area (Å²) in [7, 11) is 0. The van der Waals surface area contributed by atoms with Crippen molar-refractivity contribution < 1.29 is 4.42 Å². The van der Waals surface area contributed by atoms with E-state index in [0.717, 1.165) is 41.4 Å². The predicted molar refractivity (Wildman–Crippen MR) is 80.9 cm³/mol. The normalized spacial score (nSPS) is 13.0. The molecule has 0 bridgehead atoms. The molecule has 2 heterocycles. The smallest absolute Gasteiger partial charge is 0.113 e. The van der Waals surface area contributed by atoms with Crippen molar-refractivity contribution in [3.05, 3.63) is 57.8 Å². The van der Waals surface area contributed by atoms with Gasteiger partial charge in [0.25, 0.3) is 0 Å². The van der Waals surface area contributed by atoms with E-state index in [1.165, 1.54) is 16.0 Å². The molecule has 20 heavy (non-hydrogen) atoms. The van der Waals surface area contributed by atoms with Crippen molar-refractivity contribution in [2.75, 3.05) is 5.73 Å². The van der Waals surface area contributed by atoms with E-state index in [-0.39, 0.29) is 0 Å². The third kappa shape index (κ3) is 1.93. The zero-order valence-electron chi connectivity index (χ0n) is 10.9. The van der Waals surface area contributed by atoms with Crippen LogP contribution in [0.1, 0.15) is 21.2 Å². The average molecular weight is 282 g/mol. The Morgan fingerprint density at radius 2 is 2.00 bits per heavy atom. The molecule has 4 rings (SSSR count). The largest absolute Gasteiger partial charge is 0.469 e. The molecular formula is C16H14N2OS. The van der Waals surface area contributed by atoms with E-state index in [1.807, 2.05) is 29.5 Å². The van der Waals surface area contributed by atoms with Crippen molar-refractivity contribution >= 4 is 17.0 Å². The van der Waals surface area contributed by atoms with Crippen LogP contribution in [0.3, 0.4) is 0 Å². The zero-order chi connectivity index (χ0) is 13.5. The fourth-order valence-electron chi connectivity index (χ4n) is 2.64. The van der Waals surface area contributed by atoms with Crippen LogP contribution in [0.2, 0.25) is 0 Å². The molecule has 0 aliphatic heterocycles. The summed E-state index contributed by atoms with van der Waals surface area (Å²) in [6.45, 7) is 0. The zero-order valence-corrected chi connectivity index (χ0v) is 11.7. The lowest BCUT2D eigenvalue weighted by Crippen LogP contribution is -1.98. The average Bonchev–Trinajstić information content (AvgIpc) is 3.06. The highest BCUT2D eigenvalue weighted by molar-refractivity contribution is 7.12. The number of rotatable bonds is 2. The van der Waals surface area contributed by atoms with Crippen molar-refractivity contribution in [1.29, 1.82) is 0 Å². The number of fused-ring (bicyclic) bond motifs is 3. The Hall–Kier alpha value is -2.07. The summed E-state index contributed by atoms with van der Waals surface area (Å²) in [5, 5.41) is 1.16. The van der Waals surface area contributed by atoms with Crippen LogP contribution in [-0.2, 0) is 19.3 Å². The van der Waals surface area contributed by atoms with E-state index < -0.39 is 0 Å². The maximum Gasteiger partial charge on any atom is 0.113 e. The van der Waals surface area contributed by atoms with Gasteiger partial charge in [-0.15, -0.1) is 11.3 Å². The Morgan fingerprint density at radius 3 is 2.85 bits per heavy atom. The molecule has 0 unspecified atom stereocenters. The van der Waals surface area contributed by atoms with Crippen LogP contribution in [0.4, 0.5) is 5.69 Å². The molecule has 0 spiro atoms. The molecule has 1 aromatic carbocycles. The molecule has 0 atom stereocenters. The number of hydrogen-bond acceptors (Lipinski definition) is 4. The van der Waals surface area contributed by atoms with Gasteiger partial charge in [0.2, 0.25) is 0 Å². The van der Waals surface area contributed by atoms with Gasteiger partial charge in [0, 0.05) is 29.0 Å². The summed E-state index contributed by atoms with van der Waals surface area (Å²) in [6.07, 6.45) is 4.65. The topological polar surface area (TPSA) is 52.0 Å². The second kappa shape index (κ2) is 4.49. The summed E-state index contributed by atoms with van der Waals surface area (Å²) in [5.41, 5.74) is 10.1. The van der Waals surface area contributed by atoms with Gasteiger partial charge in [0.05, 0.1) is 17.0 Å². The van der Waals surface area contributed by atoms with E-state index in [0.29, 0.717) is 0 Å². The van der Waals surface area contributed by atoms with Gasteiger partial charge in [-0.2, -0.15) is 0 Å². The number of nitrogen functional groups attached to an aromatic ring is 1. The number of aromatic nitrogens is 1. The van der Waals surface area contributed by atoms with Gasteiger partial charge in [-0.05, 0) is 30.2 Å². The SMILES string of the molecule is Nc1ccc(Cc2nc3c(s2)CCc2occc2-3)cc1. The quantitative estimate of drug-likeness (QED) is 0.730. The molecule has 0 saturated carbocycles. The molecule has 1 aliphatic carbocycles. The third-order valence-electron chi connectivity index (χ3n) is 3.66. The first-order valence-corrected chi connectivity index (χ1v) is 7.51. The van der Waals surface area contributed by atoms with Gasteiger partial charge in [0.15, 0.2) is 0 Å². The Morgan fingerprint density at radius 1 is 1.15 bits per heavy atom. The number of anilines is 1. The minimum absolute atomic E-state index is 0.801. The summed E-state index contributed by atoms with van der Waals surface area (Å²) in [5.74, 6) is 1.07. The molecular weight excluding hydrogens is 268 g/mol. The van der Waals surface area contributed by atoms with Gasteiger partial charge < -0.3 is 10.2 Å². The second-order valence-electron chi connectivity index (χ2n) is 5.06. The van der Waals surface area contributed by atoms with E-state index in [2.05, 4.69) is 12.1 Å².